The Hall–Kier alpha value is -2.80. The number of ether oxygens (including phenoxy) is 1. The van der Waals surface area contributed by atoms with Gasteiger partial charge in [-0.15, -0.1) is 0 Å². The van der Waals surface area contributed by atoms with Gasteiger partial charge in [0.1, 0.15) is 5.75 Å². The van der Waals surface area contributed by atoms with E-state index in [9.17, 15) is 15.2 Å². The van der Waals surface area contributed by atoms with Crippen LogP contribution in [0.5, 0.6) is 5.75 Å². The number of carboxylic acid groups (broad SMARTS) is 1. The first-order chi connectivity index (χ1) is 13.5. The lowest BCUT2D eigenvalue weighted by molar-refractivity contribution is -0.149. The summed E-state index contributed by atoms with van der Waals surface area (Å²) in [5.74, 6) is -0.273. The van der Waals surface area contributed by atoms with E-state index in [0.717, 1.165) is 41.7 Å². The highest BCUT2D eigenvalue weighted by Gasteiger charge is 2.51. The Morgan fingerprint density at radius 1 is 1.18 bits per heavy atom. The highest BCUT2D eigenvalue weighted by molar-refractivity contribution is 5.80. The van der Waals surface area contributed by atoms with Crippen molar-refractivity contribution in [2.75, 3.05) is 6.61 Å². The van der Waals surface area contributed by atoms with Crippen molar-refractivity contribution in [3.05, 3.63) is 54.1 Å². The van der Waals surface area contributed by atoms with E-state index in [4.69, 9.17) is 4.74 Å². The van der Waals surface area contributed by atoms with Crippen LogP contribution in [-0.4, -0.2) is 17.7 Å². The average molecular weight is 377 g/mol. The number of rotatable bonds is 6. The molecule has 146 valence electrons. The van der Waals surface area contributed by atoms with Gasteiger partial charge in [0.05, 0.1) is 12.7 Å². The predicted molar refractivity (Wildman–Crippen MR) is 109 cm³/mol. The van der Waals surface area contributed by atoms with Crippen LogP contribution in [0.2, 0.25) is 0 Å². The summed E-state index contributed by atoms with van der Waals surface area (Å²) in [6, 6.07) is 18.1. The second-order valence-electron chi connectivity index (χ2n) is 7.73. The topological polar surface area (TPSA) is 70.3 Å². The SMILES string of the molecule is CCCOc1ccc(-c2ccc(C3C(C)CCCC3(C#N)C(=O)O)cc2)cc1. The fourth-order valence-electron chi connectivity index (χ4n) is 4.38. The Labute approximate surface area is 166 Å². The molecule has 4 nitrogen and oxygen atoms in total. The van der Waals surface area contributed by atoms with Crippen LogP contribution >= 0.6 is 0 Å². The van der Waals surface area contributed by atoms with Gasteiger partial charge in [-0.2, -0.15) is 5.26 Å². The van der Waals surface area contributed by atoms with Gasteiger partial charge < -0.3 is 9.84 Å². The molecule has 0 amide bonds. The van der Waals surface area contributed by atoms with Crippen molar-refractivity contribution in [1.29, 1.82) is 5.26 Å². The van der Waals surface area contributed by atoms with Crippen LogP contribution in [-0.2, 0) is 4.79 Å². The largest absolute Gasteiger partial charge is 0.494 e. The van der Waals surface area contributed by atoms with E-state index < -0.39 is 11.4 Å². The zero-order valence-corrected chi connectivity index (χ0v) is 16.5. The van der Waals surface area contributed by atoms with E-state index in [-0.39, 0.29) is 11.8 Å². The van der Waals surface area contributed by atoms with Crippen molar-refractivity contribution in [3.8, 4) is 22.9 Å². The number of nitrogens with zero attached hydrogens (tertiary/aromatic N) is 1. The normalized spacial score (nSPS) is 24.3. The first-order valence-corrected chi connectivity index (χ1v) is 9.99. The quantitative estimate of drug-likeness (QED) is 0.707. The number of nitriles is 1. The zero-order valence-electron chi connectivity index (χ0n) is 16.5. The minimum absolute atomic E-state index is 0.158. The Kier molecular flexibility index (Phi) is 6.04. The van der Waals surface area contributed by atoms with E-state index in [1.807, 2.05) is 48.5 Å². The molecule has 3 unspecified atom stereocenters. The smallest absolute Gasteiger partial charge is 0.324 e. The molecule has 0 bridgehead atoms. The predicted octanol–water partition coefficient (Wildman–Crippen LogP) is 5.64. The van der Waals surface area contributed by atoms with Crippen LogP contribution in [0.15, 0.2) is 48.5 Å². The molecule has 0 aromatic heterocycles. The summed E-state index contributed by atoms with van der Waals surface area (Å²) in [6.07, 6.45) is 3.11. The molecule has 1 N–H and O–H groups in total. The molecule has 3 atom stereocenters. The number of carboxylic acids is 1. The molecule has 0 spiro atoms. The second-order valence-corrected chi connectivity index (χ2v) is 7.73. The molecule has 2 aromatic rings. The van der Waals surface area contributed by atoms with Crippen molar-refractivity contribution in [3.63, 3.8) is 0 Å². The Morgan fingerprint density at radius 3 is 2.32 bits per heavy atom. The van der Waals surface area contributed by atoms with Crippen LogP contribution in [0, 0.1) is 22.7 Å². The molecule has 0 radical (unpaired) electrons. The van der Waals surface area contributed by atoms with Crippen molar-refractivity contribution in [2.45, 2.75) is 45.4 Å². The lowest BCUT2D eigenvalue weighted by Gasteiger charge is -2.40. The Balaban J connectivity index is 1.87. The molecule has 1 saturated carbocycles. The van der Waals surface area contributed by atoms with Crippen molar-refractivity contribution in [1.82, 2.24) is 0 Å². The summed E-state index contributed by atoms with van der Waals surface area (Å²) in [4.78, 5) is 12.0. The molecule has 0 heterocycles. The first kappa shape index (κ1) is 19.9. The molecule has 4 heteroatoms. The molecule has 1 aliphatic carbocycles. The molecule has 1 fully saturated rings. The maximum atomic E-state index is 12.0. The highest BCUT2D eigenvalue weighted by atomic mass is 16.5. The van der Waals surface area contributed by atoms with E-state index in [0.29, 0.717) is 13.0 Å². The van der Waals surface area contributed by atoms with Crippen molar-refractivity contribution >= 4 is 5.97 Å². The van der Waals surface area contributed by atoms with Crippen LogP contribution in [0.4, 0.5) is 0 Å². The number of aliphatic carboxylic acids is 1. The number of benzene rings is 2. The summed E-state index contributed by atoms with van der Waals surface area (Å²) < 4.78 is 5.63. The number of hydrogen-bond donors (Lipinski definition) is 1. The summed E-state index contributed by atoms with van der Waals surface area (Å²) in [5, 5.41) is 19.6. The van der Waals surface area contributed by atoms with Gasteiger partial charge in [-0.05, 0) is 54.0 Å². The monoisotopic (exact) mass is 377 g/mol. The molecule has 2 aromatic carbocycles. The van der Waals surface area contributed by atoms with E-state index in [2.05, 4.69) is 19.9 Å². The fraction of sp³-hybridized carbons (Fsp3) is 0.417. The third-order valence-electron chi connectivity index (χ3n) is 5.84. The van der Waals surface area contributed by atoms with Crippen LogP contribution < -0.4 is 4.74 Å². The van der Waals surface area contributed by atoms with Crippen LogP contribution in [0.3, 0.4) is 0 Å². The lowest BCUT2D eigenvalue weighted by atomic mass is 9.60. The van der Waals surface area contributed by atoms with Crippen molar-refractivity contribution < 1.29 is 14.6 Å². The lowest BCUT2D eigenvalue weighted by Crippen LogP contribution is -2.42. The van der Waals surface area contributed by atoms with Gasteiger partial charge in [-0.1, -0.05) is 56.7 Å². The molecule has 3 rings (SSSR count). The third-order valence-corrected chi connectivity index (χ3v) is 5.84. The molecule has 1 aliphatic rings. The minimum atomic E-state index is -1.34. The standard InChI is InChI=1S/C24H27NO3/c1-3-15-28-21-12-10-19(11-13-21)18-6-8-20(9-7-18)22-17(2)5-4-14-24(22,16-25)23(26)27/h6-13,17,22H,3-5,14-15H2,1-2H3,(H,26,27). The molecular formula is C24H27NO3. The maximum Gasteiger partial charge on any atom is 0.324 e. The molecule has 28 heavy (non-hydrogen) atoms. The fourth-order valence-corrected chi connectivity index (χ4v) is 4.38. The zero-order chi connectivity index (χ0) is 20.1. The second kappa shape index (κ2) is 8.48. The van der Waals surface area contributed by atoms with Gasteiger partial charge in [-0.25, -0.2) is 0 Å². The Bertz CT molecular complexity index is 851. The van der Waals surface area contributed by atoms with E-state index in [1.54, 1.807) is 0 Å². The summed E-state index contributed by atoms with van der Waals surface area (Å²) in [6.45, 7) is 4.84. The average Bonchev–Trinajstić information content (AvgIpc) is 2.72. The van der Waals surface area contributed by atoms with E-state index >= 15 is 0 Å². The van der Waals surface area contributed by atoms with Crippen LogP contribution in [0.25, 0.3) is 11.1 Å². The van der Waals surface area contributed by atoms with Gasteiger partial charge in [0.15, 0.2) is 5.41 Å². The highest BCUT2D eigenvalue weighted by Crippen LogP contribution is 2.50. The van der Waals surface area contributed by atoms with Gasteiger partial charge in [0, 0.05) is 5.92 Å². The summed E-state index contributed by atoms with van der Waals surface area (Å²) >= 11 is 0. The van der Waals surface area contributed by atoms with Gasteiger partial charge >= 0.3 is 5.97 Å². The molecule has 0 saturated heterocycles. The van der Waals surface area contributed by atoms with E-state index in [1.165, 1.54) is 0 Å². The maximum absolute atomic E-state index is 12.0. The summed E-state index contributed by atoms with van der Waals surface area (Å²) in [5.41, 5.74) is 1.74. The Morgan fingerprint density at radius 2 is 1.79 bits per heavy atom. The number of hydrogen-bond acceptors (Lipinski definition) is 3. The van der Waals surface area contributed by atoms with Crippen molar-refractivity contribution in [2.24, 2.45) is 11.3 Å². The van der Waals surface area contributed by atoms with Gasteiger partial charge in [-0.3, -0.25) is 4.79 Å². The molecule has 0 aliphatic heterocycles. The third kappa shape index (κ3) is 3.75. The molecular weight excluding hydrogens is 350 g/mol. The van der Waals surface area contributed by atoms with Gasteiger partial charge in [0.2, 0.25) is 0 Å². The van der Waals surface area contributed by atoms with Crippen LogP contribution in [0.1, 0.15) is 51.0 Å². The summed E-state index contributed by atoms with van der Waals surface area (Å²) in [7, 11) is 0. The number of carbonyl (C=O) groups is 1. The minimum Gasteiger partial charge on any atom is -0.494 e. The first-order valence-electron chi connectivity index (χ1n) is 9.99. The van der Waals surface area contributed by atoms with Gasteiger partial charge in [0.25, 0.3) is 0 Å².